The molecule has 0 aliphatic heterocycles. The van der Waals surface area contributed by atoms with Crippen LogP contribution in [0.3, 0.4) is 0 Å². The van der Waals surface area contributed by atoms with Gasteiger partial charge in [0.2, 0.25) is 0 Å². The Bertz CT molecular complexity index is 580. The smallest absolute Gasteiger partial charge is 0.263 e. The van der Waals surface area contributed by atoms with E-state index in [0.29, 0.717) is 17.1 Å². The highest BCUT2D eigenvalue weighted by Gasteiger charge is 2.13. The molecule has 0 spiro atoms. The summed E-state index contributed by atoms with van der Waals surface area (Å²) in [5.74, 6) is -0.0875. The van der Waals surface area contributed by atoms with Gasteiger partial charge in [-0.15, -0.1) is 11.3 Å². The molecule has 2 aromatic rings. The van der Waals surface area contributed by atoms with Crippen LogP contribution in [0.15, 0.2) is 36.4 Å². The molecular formula is C16H21N3OS. The van der Waals surface area contributed by atoms with Gasteiger partial charge in [-0.2, -0.15) is 0 Å². The predicted octanol–water partition coefficient (Wildman–Crippen LogP) is 3.12. The van der Waals surface area contributed by atoms with E-state index in [1.54, 1.807) is 0 Å². The molecule has 0 unspecified atom stereocenters. The van der Waals surface area contributed by atoms with Crippen molar-refractivity contribution >= 4 is 27.9 Å². The van der Waals surface area contributed by atoms with Crippen LogP contribution in [0.1, 0.15) is 28.6 Å². The number of nitrogens with two attached hydrogens (primary N) is 1. The van der Waals surface area contributed by atoms with Crippen LogP contribution in [0, 0.1) is 0 Å². The van der Waals surface area contributed by atoms with Crippen molar-refractivity contribution in [2.45, 2.75) is 19.8 Å². The maximum atomic E-state index is 11.9. The summed E-state index contributed by atoms with van der Waals surface area (Å²) in [5, 5.41) is 7.11. The SMILES string of the molecule is CCCNC(=O)c1sc(NCCc2ccccc2)cc1N. The van der Waals surface area contributed by atoms with Gasteiger partial charge < -0.3 is 16.4 Å². The fraction of sp³-hybridized carbons (Fsp3) is 0.312. The Balaban J connectivity index is 1.88. The monoisotopic (exact) mass is 303 g/mol. The molecule has 0 saturated heterocycles. The molecule has 1 heterocycles. The molecule has 1 aromatic heterocycles. The first-order chi connectivity index (χ1) is 10.2. The van der Waals surface area contributed by atoms with Crippen LogP contribution in [-0.2, 0) is 6.42 Å². The molecule has 0 atom stereocenters. The molecule has 0 fully saturated rings. The predicted molar refractivity (Wildman–Crippen MR) is 90.0 cm³/mol. The Kier molecular flexibility index (Phi) is 5.63. The molecule has 1 aromatic carbocycles. The molecular weight excluding hydrogens is 282 g/mol. The molecule has 0 radical (unpaired) electrons. The van der Waals surface area contributed by atoms with Crippen molar-refractivity contribution in [2.75, 3.05) is 24.1 Å². The van der Waals surface area contributed by atoms with E-state index in [1.807, 2.05) is 31.2 Å². The number of nitrogens with one attached hydrogen (secondary N) is 2. The van der Waals surface area contributed by atoms with Crippen LogP contribution in [0.5, 0.6) is 0 Å². The number of amides is 1. The first-order valence-corrected chi connectivity index (χ1v) is 7.97. The summed E-state index contributed by atoms with van der Waals surface area (Å²) in [5.41, 5.74) is 7.73. The summed E-state index contributed by atoms with van der Waals surface area (Å²) in [4.78, 5) is 12.5. The molecule has 2 rings (SSSR count). The Hall–Kier alpha value is -2.01. The lowest BCUT2D eigenvalue weighted by Crippen LogP contribution is -2.23. The summed E-state index contributed by atoms with van der Waals surface area (Å²) in [6.07, 6.45) is 1.86. The summed E-state index contributed by atoms with van der Waals surface area (Å²) in [7, 11) is 0. The zero-order valence-electron chi connectivity index (χ0n) is 12.2. The molecule has 5 heteroatoms. The van der Waals surface area contributed by atoms with Crippen LogP contribution in [0.4, 0.5) is 10.7 Å². The van der Waals surface area contributed by atoms with Crippen molar-refractivity contribution in [1.29, 1.82) is 0 Å². The Morgan fingerprint density at radius 1 is 1.24 bits per heavy atom. The Labute approximate surface area is 129 Å². The third-order valence-corrected chi connectivity index (χ3v) is 4.17. The van der Waals surface area contributed by atoms with Crippen molar-refractivity contribution in [2.24, 2.45) is 0 Å². The second-order valence-corrected chi connectivity index (χ2v) is 5.87. The minimum absolute atomic E-state index is 0.0875. The Morgan fingerprint density at radius 2 is 2.00 bits per heavy atom. The minimum atomic E-state index is -0.0875. The molecule has 0 aliphatic carbocycles. The summed E-state index contributed by atoms with van der Waals surface area (Å²) >= 11 is 1.41. The van der Waals surface area contributed by atoms with E-state index >= 15 is 0 Å². The summed E-state index contributed by atoms with van der Waals surface area (Å²) < 4.78 is 0. The summed E-state index contributed by atoms with van der Waals surface area (Å²) in [6.45, 7) is 3.52. The van der Waals surface area contributed by atoms with Crippen LogP contribution in [0.2, 0.25) is 0 Å². The van der Waals surface area contributed by atoms with Crippen molar-refractivity contribution < 1.29 is 4.79 Å². The highest BCUT2D eigenvalue weighted by atomic mass is 32.1. The lowest BCUT2D eigenvalue weighted by molar-refractivity contribution is 0.0958. The highest BCUT2D eigenvalue weighted by Crippen LogP contribution is 2.29. The quantitative estimate of drug-likeness (QED) is 0.736. The first kappa shape index (κ1) is 15.4. The third kappa shape index (κ3) is 4.49. The van der Waals surface area contributed by atoms with Gasteiger partial charge in [-0.1, -0.05) is 37.3 Å². The number of nitrogen functional groups attached to an aromatic ring is 1. The van der Waals surface area contributed by atoms with E-state index in [4.69, 9.17) is 5.73 Å². The number of anilines is 2. The van der Waals surface area contributed by atoms with E-state index in [0.717, 1.165) is 24.4 Å². The van der Waals surface area contributed by atoms with Crippen LogP contribution in [0.25, 0.3) is 0 Å². The van der Waals surface area contributed by atoms with Gasteiger partial charge in [-0.3, -0.25) is 4.79 Å². The molecule has 4 N–H and O–H groups in total. The highest BCUT2D eigenvalue weighted by molar-refractivity contribution is 7.18. The van der Waals surface area contributed by atoms with E-state index in [2.05, 4.69) is 22.8 Å². The van der Waals surface area contributed by atoms with Crippen molar-refractivity contribution in [1.82, 2.24) is 5.32 Å². The van der Waals surface area contributed by atoms with E-state index in [1.165, 1.54) is 16.9 Å². The van der Waals surface area contributed by atoms with Crippen molar-refractivity contribution in [3.05, 3.63) is 46.8 Å². The zero-order chi connectivity index (χ0) is 15.1. The van der Waals surface area contributed by atoms with Gasteiger partial charge in [0.15, 0.2) is 0 Å². The molecule has 0 bridgehead atoms. The van der Waals surface area contributed by atoms with Crippen LogP contribution in [-0.4, -0.2) is 19.0 Å². The normalized spacial score (nSPS) is 10.3. The minimum Gasteiger partial charge on any atom is -0.397 e. The van der Waals surface area contributed by atoms with E-state index in [9.17, 15) is 4.79 Å². The zero-order valence-corrected chi connectivity index (χ0v) is 13.0. The van der Waals surface area contributed by atoms with Crippen molar-refractivity contribution in [3.63, 3.8) is 0 Å². The molecule has 21 heavy (non-hydrogen) atoms. The fourth-order valence-corrected chi connectivity index (χ4v) is 2.88. The van der Waals surface area contributed by atoms with Gasteiger partial charge >= 0.3 is 0 Å². The fourth-order valence-electron chi connectivity index (χ4n) is 1.96. The molecule has 4 nitrogen and oxygen atoms in total. The van der Waals surface area contributed by atoms with Crippen LogP contribution >= 0.6 is 11.3 Å². The molecule has 0 saturated carbocycles. The van der Waals surface area contributed by atoms with Crippen molar-refractivity contribution in [3.8, 4) is 0 Å². The van der Waals surface area contributed by atoms with Gasteiger partial charge in [0.05, 0.1) is 10.7 Å². The molecule has 1 amide bonds. The van der Waals surface area contributed by atoms with Gasteiger partial charge in [-0.25, -0.2) is 0 Å². The summed E-state index contributed by atoms with van der Waals surface area (Å²) in [6, 6.07) is 12.1. The van der Waals surface area contributed by atoms with E-state index < -0.39 is 0 Å². The first-order valence-electron chi connectivity index (χ1n) is 7.16. The van der Waals surface area contributed by atoms with Gasteiger partial charge in [-0.05, 0) is 24.5 Å². The lowest BCUT2D eigenvalue weighted by Gasteiger charge is -2.03. The largest absolute Gasteiger partial charge is 0.397 e. The van der Waals surface area contributed by atoms with Gasteiger partial charge in [0.1, 0.15) is 4.88 Å². The Morgan fingerprint density at radius 3 is 2.71 bits per heavy atom. The second kappa shape index (κ2) is 7.69. The van der Waals surface area contributed by atoms with E-state index in [-0.39, 0.29) is 5.91 Å². The number of carbonyl (C=O) groups excluding carboxylic acids is 1. The molecule has 112 valence electrons. The van der Waals surface area contributed by atoms with Crippen LogP contribution < -0.4 is 16.4 Å². The number of hydrogen-bond acceptors (Lipinski definition) is 4. The average Bonchev–Trinajstić information content (AvgIpc) is 2.87. The number of carbonyl (C=O) groups is 1. The van der Waals surface area contributed by atoms with Gasteiger partial charge in [0, 0.05) is 13.1 Å². The van der Waals surface area contributed by atoms with Gasteiger partial charge in [0.25, 0.3) is 5.91 Å². The topological polar surface area (TPSA) is 67.2 Å². The number of benzene rings is 1. The lowest BCUT2D eigenvalue weighted by atomic mass is 10.1. The standard InChI is InChI=1S/C16H21N3OS/c1-2-9-19-16(20)15-13(17)11-14(21-15)18-10-8-12-6-4-3-5-7-12/h3-7,11,18H,2,8-10,17H2,1H3,(H,19,20). The second-order valence-electron chi connectivity index (χ2n) is 4.81. The average molecular weight is 303 g/mol. The number of hydrogen-bond donors (Lipinski definition) is 3. The maximum Gasteiger partial charge on any atom is 0.263 e. The molecule has 0 aliphatic rings. The number of rotatable bonds is 7. The third-order valence-electron chi connectivity index (χ3n) is 3.06. The maximum absolute atomic E-state index is 11.9. The number of thiophene rings is 1.